The first kappa shape index (κ1) is 43.2. The van der Waals surface area contributed by atoms with Gasteiger partial charge in [-0.25, -0.2) is 0 Å². The van der Waals surface area contributed by atoms with Crippen molar-refractivity contribution in [1.29, 1.82) is 0 Å². The molecular formula is C49H62CoN4O4. The van der Waals surface area contributed by atoms with E-state index in [1.807, 2.05) is 12.4 Å². The topological polar surface area (TPSA) is 109 Å². The zero-order chi connectivity index (χ0) is 41.1. The number of anilines is 2. The van der Waals surface area contributed by atoms with Gasteiger partial charge in [0.2, 0.25) is 0 Å². The molecule has 0 aromatic heterocycles. The van der Waals surface area contributed by atoms with Crippen LogP contribution in [0.25, 0.3) is 10.8 Å². The van der Waals surface area contributed by atoms with Gasteiger partial charge >= 0.3 is 0 Å². The summed E-state index contributed by atoms with van der Waals surface area (Å²) >= 11 is 0. The Labute approximate surface area is 355 Å². The fourth-order valence-corrected chi connectivity index (χ4v) is 9.64. The third kappa shape index (κ3) is 8.26. The smallest absolute Gasteiger partial charge is 0.300 e. The molecular weight excluding hydrogens is 767 g/mol. The zero-order valence-electron chi connectivity index (χ0n) is 35.9. The third-order valence-electron chi connectivity index (χ3n) is 13.3. The van der Waals surface area contributed by atoms with Crippen LogP contribution in [-0.4, -0.2) is 72.5 Å². The number of nitrogens with zero attached hydrogens (tertiary/aromatic N) is 4. The van der Waals surface area contributed by atoms with E-state index in [9.17, 15) is 10.2 Å². The van der Waals surface area contributed by atoms with Gasteiger partial charge in [0.15, 0.2) is 0 Å². The van der Waals surface area contributed by atoms with Gasteiger partial charge in [-0.05, 0) is 93.4 Å². The summed E-state index contributed by atoms with van der Waals surface area (Å²) < 4.78 is 0. The number of carbonyl (C=O) groups is 1. The van der Waals surface area contributed by atoms with Crippen molar-refractivity contribution in [2.45, 2.75) is 122 Å². The number of hydrogen-bond donors (Lipinski definition) is 3. The van der Waals surface area contributed by atoms with Gasteiger partial charge in [0, 0.05) is 95.9 Å². The number of aliphatic imine (C=N–C) groups is 2. The van der Waals surface area contributed by atoms with Crippen LogP contribution in [0.15, 0.2) is 64.6 Å². The molecule has 0 saturated carbocycles. The Kier molecular flexibility index (Phi) is 11.9. The number of rotatable bonds is 7. The second kappa shape index (κ2) is 16.0. The predicted octanol–water partition coefficient (Wildman–Crippen LogP) is 9.83. The molecule has 0 aliphatic carbocycles. The number of phenolic OH excluding ortho intramolecular Hbond substituents is 2. The normalized spacial score (nSPS) is 19.8. The fraction of sp³-hybridized carbons (Fsp3) is 0.490. The number of carboxylic acid groups (broad SMARTS) is 1. The average molecular weight is 830 g/mol. The minimum absolute atomic E-state index is 0. The van der Waals surface area contributed by atoms with Crippen molar-refractivity contribution in [3.63, 3.8) is 0 Å². The number of aliphatic carboxylic acids is 1. The summed E-state index contributed by atoms with van der Waals surface area (Å²) in [4.78, 5) is 24.2. The SMILES string of the molecule is CC(=O)O.CC1(C)CCN2CCC(C)(C)c3c(O)c(C=NCC(Cc4ccc5ccccc5c4)N=Cc4cc5c6c(c4O)C(C)(C)CCN6CCC5(C)C)cc1c32.[Co]. The van der Waals surface area contributed by atoms with E-state index in [-0.39, 0.29) is 44.5 Å². The Hall–Kier alpha value is -4.34. The van der Waals surface area contributed by atoms with Gasteiger partial charge < -0.3 is 25.1 Å². The molecule has 4 aliphatic heterocycles. The van der Waals surface area contributed by atoms with E-state index in [1.54, 1.807) is 0 Å². The number of carboxylic acids is 1. The molecule has 3 N–H and O–H groups in total. The molecule has 1 atom stereocenters. The molecule has 0 spiro atoms. The molecule has 1 radical (unpaired) electrons. The number of phenols is 2. The van der Waals surface area contributed by atoms with Gasteiger partial charge in [-0.3, -0.25) is 14.8 Å². The molecule has 0 fully saturated rings. The summed E-state index contributed by atoms with van der Waals surface area (Å²) in [5.41, 5.74) is 9.79. The van der Waals surface area contributed by atoms with Crippen LogP contribution in [-0.2, 0) is 49.7 Å². The molecule has 4 aliphatic rings. The van der Waals surface area contributed by atoms with Crippen LogP contribution in [0.4, 0.5) is 11.4 Å². The predicted molar refractivity (Wildman–Crippen MR) is 236 cm³/mol. The molecule has 4 aromatic rings. The Bertz CT molecular complexity index is 2260. The molecule has 8 rings (SSSR count). The first-order chi connectivity index (χ1) is 26.8. The van der Waals surface area contributed by atoms with Crippen LogP contribution in [0, 0.1) is 0 Å². The molecule has 0 amide bonds. The second-order valence-electron chi connectivity index (χ2n) is 19.5. The Morgan fingerprint density at radius 2 is 1.14 bits per heavy atom. The summed E-state index contributed by atoms with van der Waals surface area (Å²) in [5, 5.41) is 33.7. The maximum Gasteiger partial charge on any atom is 0.300 e. The number of benzene rings is 4. The van der Waals surface area contributed by atoms with Crippen LogP contribution < -0.4 is 9.80 Å². The van der Waals surface area contributed by atoms with E-state index in [4.69, 9.17) is 19.9 Å². The summed E-state index contributed by atoms with van der Waals surface area (Å²) in [6.07, 6.45) is 8.70. The van der Waals surface area contributed by atoms with Gasteiger partial charge in [0.05, 0.1) is 12.6 Å². The molecule has 9 heteroatoms. The minimum Gasteiger partial charge on any atom is -0.507 e. The molecule has 8 nitrogen and oxygen atoms in total. The van der Waals surface area contributed by atoms with Crippen molar-refractivity contribution in [2.75, 3.05) is 42.5 Å². The maximum atomic E-state index is 12.0. The molecule has 4 heterocycles. The van der Waals surface area contributed by atoms with E-state index >= 15 is 0 Å². The first-order valence-electron chi connectivity index (χ1n) is 20.8. The van der Waals surface area contributed by atoms with Gasteiger partial charge in [-0.15, -0.1) is 0 Å². The fourth-order valence-electron chi connectivity index (χ4n) is 9.64. The van der Waals surface area contributed by atoms with Crippen molar-refractivity contribution >= 4 is 40.5 Å². The minimum atomic E-state index is -0.833. The zero-order valence-corrected chi connectivity index (χ0v) is 36.9. The van der Waals surface area contributed by atoms with Gasteiger partial charge in [0.25, 0.3) is 5.97 Å². The average Bonchev–Trinajstić information content (AvgIpc) is 3.13. The van der Waals surface area contributed by atoms with E-state index in [0.29, 0.717) is 24.5 Å². The van der Waals surface area contributed by atoms with Gasteiger partial charge in [-0.1, -0.05) is 97.9 Å². The van der Waals surface area contributed by atoms with Gasteiger partial charge in [-0.2, -0.15) is 0 Å². The number of hydrogen-bond acceptors (Lipinski definition) is 7. The molecule has 4 aromatic carbocycles. The van der Waals surface area contributed by atoms with E-state index in [2.05, 4.69) is 120 Å². The van der Waals surface area contributed by atoms with Crippen LogP contribution in [0.3, 0.4) is 0 Å². The van der Waals surface area contributed by atoms with Crippen LogP contribution in [0.1, 0.15) is 127 Å². The van der Waals surface area contributed by atoms with E-state index < -0.39 is 5.97 Å². The van der Waals surface area contributed by atoms with E-state index in [0.717, 1.165) is 81.0 Å². The van der Waals surface area contributed by atoms with Crippen LogP contribution in [0.2, 0.25) is 0 Å². The van der Waals surface area contributed by atoms with Crippen molar-refractivity contribution in [3.05, 3.63) is 93.5 Å². The quantitative estimate of drug-likeness (QED) is 0.160. The molecule has 0 bridgehead atoms. The van der Waals surface area contributed by atoms with Crippen LogP contribution >= 0.6 is 0 Å². The molecule has 0 saturated heterocycles. The third-order valence-corrected chi connectivity index (χ3v) is 13.3. The Morgan fingerprint density at radius 3 is 1.64 bits per heavy atom. The van der Waals surface area contributed by atoms with Crippen molar-refractivity contribution in [3.8, 4) is 11.5 Å². The standard InChI is InChI=1S/C47H58N4O2.C2H4O2.Co/c1-44(2)15-19-50-21-17-46(5,6)38-40(50)36(44)25-33(42(38)52)27-48-29-35(24-30-13-14-31-11-9-10-12-32(31)23-30)49-28-34-26-37-41-39(43(34)53)47(7,8)18-22-51(41)20-16-45(37,3)4;1-2(3)4;/h9-14,23,25-28,35,52-53H,15-22,24,29H2,1-8H3;1H3,(H,3,4);. The Balaban J connectivity index is 0.00000108. The molecule has 58 heavy (non-hydrogen) atoms. The van der Waals surface area contributed by atoms with Gasteiger partial charge in [0.1, 0.15) is 11.5 Å². The number of aromatic hydroxyl groups is 2. The molecule has 1 unspecified atom stereocenters. The summed E-state index contributed by atoms with van der Waals surface area (Å²) in [7, 11) is 0. The number of fused-ring (bicyclic) bond motifs is 1. The maximum absolute atomic E-state index is 12.0. The summed E-state index contributed by atoms with van der Waals surface area (Å²) in [6.45, 7) is 24.0. The molecule has 311 valence electrons. The van der Waals surface area contributed by atoms with Crippen molar-refractivity contribution in [2.24, 2.45) is 9.98 Å². The first-order valence-corrected chi connectivity index (χ1v) is 20.8. The Morgan fingerprint density at radius 1 is 0.690 bits per heavy atom. The second-order valence-corrected chi connectivity index (χ2v) is 19.5. The summed E-state index contributed by atoms with van der Waals surface area (Å²) in [5.74, 6) is -0.109. The van der Waals surface area contributed by atoms with E-state index in [1.165, 1.54) is 38.8 Å². The van der Waals surface area contributed by atoms with Crippen molar-refractivity contribution in [1.82, 2.24) is 0 Å². The monoisotopic (exact) mass is 829 g/mol. The summed E-state index contributed by atoms with van der Waals surface area (Å²) in [6, 6.07) is 19.3. The van der Waals surface area contributed by atoms with Crippen LogP contribution in [0.5, 0.6) is 11.5 Å². The van der Waals surface area contributed by atoms with Crippen molar-refractivity contribution < 1.29 is 36.9 Å². The largest absolute Gasteiger partial charge is 0.507 e.